The van der Waals surface area contributed by atoms with Crippen LogP contribution in [0.25, 0.3) is 0 Å². The zero-order valence-electron chi connectivity index (χ0n) is 12.0. The van der Waals surface area contributed by atoms with Crippen LogP contribution in [0.5, 0.6) is 0 Å². The Morgan fingerprint density at radius 3 is 2.53 bits per heavy atom. The first-order valence-electron chi connectivity index (χ1n) is 7.33. The summed E-state index contributed by atoms with van der Waals surface area (Å²) < 4.78 is 12.9. The number of alkyl halides is 1. The highest BCUT2D eigenvalue weighted by Gasteiger charge is 2.22. The highest BCUT2D eigenvalue weighted by atomic mass is 19.1. The minimum Gasteiger partial charge on any atom is -0.314 e. The smallest absolute Gasteiger partial charge is 0.0912 e. The summed E-state index contributed by atoms with van der Waals surface area (Å²) in [5.41, 5.74) is 2.61. The quantitative estimate of drug-likeness (QED) is 0.879. The molecule has 106 valence electrons. The Hall–Kier alpha value is -0.930. The van der Waals surface area contributed by atoms with E-state index in [4.69, 9.17) is 0 Å². The molecule has 1 saturated heterocycles. The maximum atomic E-state index is 12.9. The topological polar surface area (TPSA) is 15.3 Å². The highest BCUT2D eigenvalue weighted by molar-refractivity contribution is 5.28. The van der Waals surface area contributed by atoms with Crippen LogP contribution in [0, 0.1) is 0 Å². The lowest BCUT2D eigenvalue weighted by Crippen LogP contribution is -2.45. The van der Waals surface area contributed by atoms with Crippen LogP contribution >= 0.6 is 0 Å². The van der Waals surface area contributed by atoms with E-state index in [1.54, 1.807) is 0 Å². The van der Waals surface area contributed by atoms with Crippen molar-refractivity contribution >= 4 is 0 Å². The molecule has 3 heteroatoms. The second-order valence-corrected chi connectivity index (χ2v) is 5.60. The molecule has 0 unspecified atom stereocenters. The molecule has 1 atom stereocenters. The van der Waals surface area contributed by atoms with Crippen LogP contribution in [-0.2, 0) is 0 Å². The Morgan fingerprint density at radius 2 is 1.89 bits per heavy atom. The molecule has 1 aliphatic rings. The van der Waals surface area contributed by atoms with Gasteiger partial charge < -0.3 is 5.32 Å². The number of rotatable bonds is 5. The second-order valence-electron chi connectivity index (χ2n) is 5.60. The molecular formula is C16H25FN2. The van der Waals surface area contributed by atoms with Crippen molar-refractivity contribution in [3.05, 3.63) is 35.4 Å². The van der Waals surface area contributed by atoms with Gasteiger partial charge in [-0.1, -0.05) is 38.1 Å². The van der Waals surface area contributed by atoms with E-state index in [2.05, 4.69) is 48.3 Å². The first-order valence-corrected chi connectivity index (χ1v) is 7.33. The molecule has 1 aromatic carbocycles. The van der Waals surface area contributed by atoms with Crippen LogP contribution in [0.3, 0.4) is 0 Å². The van der Waals surface area contributed by atoms with Gasteiger partial charge in [0.05, 0.1) is 6.67 Å². The summed E-state index contributed by atoms with van der Waals surface area (Å²) in [6.45, 7) is 8.19. The summed E-state index contributed by atoms with van der Waals surface area (Å²) in [7, 11) is 0. The fourth-order valence-electron chi connectivity index (χ4n) is 2.78. The van der Waals surface area contributed by atoms with Crippen LogP contribution in [0.1, 0.15) is 43.4 Å². The summed E-state index contributed by atoms with van der Waals surface area (Å²) in [5.74, 6) is 0.522. The first-order chi connectivity index (χ1) is 9.22. The predicted octanol–water partition coefficient (Wildman–Crippen LogP) is 3.12. The molecule has 0 radical (unpaired) electrons. The molecule has 19 heavy (non-hydrogen) atoms. The van der Waals surface area contributed by atoms with Crippen molar-refractivity contribution in [3.8, 4) is 0 Å². The van der Waals surface area contributed by atoms with Crippen LogP contribution in [-0.4, -0.2) is 37.8 Å². The van der Waals surface area contributed by atoms with Gasteiger partial charge in [-0.25, -0.2) is 0 Å². The fraction of sp³-hybridized carbons (Fsp3) is 0.625. The van der Waals surface area contributed by atoms with Crippen LogP contribution in [0.15, 0.2) is 24.3 Å². The third-order valence-corrected chi connectivity index (χ3v) is 3.94. The molecule has 0 aliphatic carbocycles. The average molecular weight is 264 g/mol. The molecule has 1 N–H and O–H groups in total. The van der Waals surface area contributed by atoms with Crippen molar-refractivity contribution in [2.75, 3.05) is 32.9 Å². The van der Waals surface area contributed by atoms with E-state index in [1.807, 2.05) is 0 Å². The zero-order chi connectivity index (χ0) is 13.7. The summed E-state index contributed by atoms with van der Waals surface area (Å²) in [6.07, 6.45) is 0.599. The molecular weight excluding hydrogens is 239 g/mol. The normalized spacial score (nSPS) is 18.7. The minimum atomic E-state index is -0.250. The van der Waals surface area contributed by atoms with Crippen molar-refractivity contribution in [3.63, 3.8) is 0 Å². The number of nitrogens with one attached hydrogen (secondary N) is 1. The monoisotopic (exact) mass is 264 g/mol. The molecule has 2 nitrogen and oxygen atoms in total. The number of piperazine rings is 1. The maximum absolute atomic E-state index is 12.9. The van der Waals surface area contributed by atoms with E-state index in [0.717, 1.165) is 26.2 Å². The average Bonchev–Trinajstić information content (AvgIpc) is 2.46. The van der Waals surface area contributed by atoms with Crippen LogP contribution in [0.4, 0.5) is 4.39 Å². The molecule has 1 fully saturated rings. The SMILES string of the molecule is CC(C)c1cccc([C@H](CCF)N2CCNCC2)c1. The van der Waals surface area contributed by atoms with Crippen molar-refractivity contribution in [1.29, 1.82) is 0 Å². The van der Waals surface area contributed by atoms with Crippen molar-refractivity contribution in [2.24, 2.45) is 0 Å². The molecule has 0 amide bonds. The third kappa shape index (κ3) is 3.77. The van der Waals surface area contributed by atoms with Gasteiger partial charge >= 0.3 is 0 Å². The van der Waals surface area contributed by atoms with E-state index in [0.29, 0.717) is 12.3 Å². The summed E-state index contributed by atoms with van der Waals surface area (Å²) >= 11 is 0. The molecule has 0 bridgehead atoms. The van der Waals surface area contributed by atoms with Crippen molar-refractivity contribution < 1.29 is 4.39 Å². The Labute approximate surface area is 116 Å². The first kappa shape index (κ1) is 14.5. The molecule has 0 spiro atoms. The Balaban J connectivity index is 2.19. The summed E-state index contributed by atoms with van der Waals surface area (Å²) in [4.78, 5) is 2.41. The van der Waals surface area contributed by atoms with Gasteiger partial charge in [-0.2, -0.15) is 0 Å². The minimum absolute atomic E-state index is 0.228. The van der Waals surface area contributed by atoms with Gasteiger partial charge in [0, 0.05) is 32.2 Å². The van der Waals surface area contributed by atoms with Crippen molar-refractivity contribution in [1.82, 2.24) is 10.2 Å². The van der Waals surface area contributed by atoms with E-state index in [-0.39, 0.29) is 12.7 Å². The van der Waals surface area contributed by atoms with E-state index in [9.17, 15) is 4.39 Å². The Morgan fingerprint density at radius 1 is 1.21 bits per heavy atom. The number of hydrogen-bond donors (Lipinski definition) is 1. The number of nitrogens with zero attached hydrogens (tertiary/aromatic N) is 1. The van der Waals surface area contributed by atoms with Gasteiger partial charge in [0.25, 0.3) is 0 Å². The number of halogens is 1. The molecule has 1 aliphatic heterocycles. The molecule has 1 aromatic rings. The predicted molar refractivity (Wildman–Crippen MR) is 78.3 cm³/mol. The Kier molecular flexibility index (Phi) is 5.34. The number of hydrogen-bond acceptors (Lipinski definition) is 2. The molecule has 0 aromatic heterocycles. The molecule has 1 heterocycles. The number of benzene rings is 1. The lowest BCUT2D eigenvalue weighted by atomic mass is 9.95. The van der Waals surface area contributed by atoms with Crippen molar-refractivity contribution in [2.45, 2.75) is 32.2 Å². The van der Waals surface area contributed by atoms with Crippen LogP contribution in [0.2, 0.25) is 0 Å². The largest absolute Gasteiger partial charge is 0.314 e. The standard InChI is InChI=1S/C16H25FN2/c1-13(2)14-4-3-5-15(12-14)16(6-7-17)19-10-8-18-9-11-19/h3-5,12-13,16,18H,6-11H2,1-2H3/t16-/m0/s1. The summed E-state index contributed by atoms with van der Waals surface area (Å²) in [5, 5.41) is 3.36. The molecule has 0 saturated carbocycles. The lowest BCUT2D eigenvalue weighted by Gasteiger charge is -2.35. The Bertz CT molecular complexity index is 386. The van der Waals surface area contributed by atoms with Gasteiger partial charge in [-0.15, -0.1) is 0 Å². The highest BCUT2D eigenvalue weighted by Crippen LogP contribution is 2.27. The summed E-state index contributed by atoms with van der Waals surface area (Å²) in [6, 6.07) is 8.91. The fourth-order valence-corrected chi connectivity index (χ4v) is 2.78. The van der Waals surface area contributed by atoms with E-state index < -0.39 is 0 Å². The van der Waals surface area contributed by atoms with Crippen LogP contribution < -0.4 is 5.32 Å². The lowest BCUT2D eigenvalue weighted by molar-refractivity contribution is 0.157. The van der Waals surface area contributed by atoms with Gasteiger partial charge in [0.15, 0.2) is 0 Å². The van der Waals surface area contributed by atoms with E-state index in [1.165, 1.54) is 11.1 Å². The van der Waals surface area contributed by atoms with Gasteiger partial charge in [0.2, 0.25) is 0 Å². The van der Waals surface area contributed by atoms with Gasteiger partial charge in [0.1, 0.15) is 0 Å². The van der Waals surface area contributed by atoms with Gasteiger partial charge in [-0.3, -0.25) is 9.29 Å². The third-order valence-electron chi connectivity index (χ3n) is 3.94. The van der Waals surface area contributed by atoms with E-state index >= 15 is 0 Å². The van der Waals surface area contributed by atoms with Gasteiger partial charge in [-0.05, 0) is 23.5 Å². The zero-order valence-corrected chi connectivity index (χ0v) is 12.0. The molecule has 2 rings (SSSR count). The second kappa shape index (κ2) is 7.01. The maximum Gasteiger partial charge on any atom is 0.0912 e.